The third-order valence-electron chi connectivity index (χ3n) is 3.47. The van der Waals surface area contributed by atoms with Crippen LogP contribution in [0.25, 0.3) is 0 Å². The summed E-state index contributed by atoms with van der Waals surface area (Å²) in [5, 5.41) is 0. The van der Waals surface area contributed by atoms with E-state index in [0.717, 1.165) is 18.2 Å². The van der Waals surface area contributed by atoms with E-state index in [1.807, 2.05) is 0 Å². The lowest BCUT2D eigenvalue weighted by Crippen LogP contribution is -2.29. The van der Waals surface area contributed by atoms with Gasteiger partial charge in [0.2, 0.25) is 0 Å². The first kappa shape index (κ1) is 10.3. The summed E-state index contributed by atoms with van der Waals surface area (Å²) in [4.78, 5) is 2.30. The number of anilines is 2. The molecule has 1 saturated carbocycles. The first-order valence-electron chi connectivity index (χ1n) is 5.74. The fourth-order valence-electron chi connectivity index (χ4n) is 2.16. The Morgan fingerprint density at radius 1 is 1.40 bits per heavy atom. The Hall–Kier alpha value is -1.18. The van der Waals surface area contributed by atoms with Crippen molar-refractivity contribution in [1.29, 1.82) is 0 Å². The van der Waals surface area contributed by atoms with Gasteiger partial charge in [-0.25, -0.2) is 0 Å². The molecular formula is C13H20N2. The molecule has 2 N–H and O–H groups in total. The van der Waals surface area contributed by atoms with Crippen LogP contribution in [0.15, 0.2) is 18.2 Å². The number of para-hydroxylation sites is 1. The molecule has 82 valence electrons. The first-order valence-corrected chi connectivity index (χ1v) is 5.74. The Morgan fingerprint density at radius 2 is 2.13 bits per heavy atom. The Kier molecular flexibility index (Phi) is 2.85. The average Bonchev–Trinajstić information content (AvgIpc) is 2.15. The fraction of sp³-hybridized carbons (Fsp3) is 0.538. The highest BCUT2D eigenvalue weighted by Gasteiger charge is 2.20. The van der Waals surface area contributed by atoms with Gasteiger partial charge in [-0.1, -0.05) is 18.6 Å². The molecular weight excluding hydrogens is 184 g/mol. The summed E-state index contributed by atoms with van der Waals surface area (Å²) in [5.41, 5.74) is 9.36. The molecule has 0 spiro atoms. The largest absolute Gasteiger partial charge is 0.397 e. The van der Waals surface area contributed by atoms with E-state index in [1.165, 1.54) is 30.5 Å². The van der Waals surface area contributed by atoms with Gasteiger partial charge >= 0.3 is 0 Å². The van der Waals surface area contributed by atoms with Gasteiger partial charge in [0.25, 0.3) is 0 Å². The molecule has 1 aromatic rings. The van der Waals surface area contributed by atoms with Gasteiger partial charge in [-0.2, -0.15) is 0 Å². The lowest BCUT2D eigenvalue weighted by atomic mass is 9.85. The molecule has 0 heterocycles. The number of nitrogens with zero attached hydrogens (tertiary/aromatic N) is 1. The highest BCUT2D eigenvalue weighted by molar-refractivity contribution is 5.70. The minimum atomic E-state index is 0.884. The lowest BCUT2D eigenvalue weighted by molar-refractivity contribution is 0.321. The second-order valence-electron chi connectivity index (χ2n) is 4.69. The number of hydrogen-bond donors (Lipinski definition) is 1. The van der Waals surface area contributed by atoms with Crippen molar-refractivity contribution in [2.75, 3.05) is 24.2 Å². The number of nitrogens with two attached hydrogens (primary N) is 1. The van der Waals surface area contributed by atoms with E-state index in [1.54, 1.807) is 0 Å². The van der Waals surface area contributed by atoms with Gasteiger partial charge in [0.05, 0.1) is 11.4 Å². The van der Waals surface area contributed by atoms with Crippen LogP contribution in [-0.4, -0.2) is 13.6 Å². The van der Waals surface area contributed by atoms with Gasteiger partial charge in [0, 0.05) is 13.6 Å². The Morgan fingerprint density at radius 3 is 2.73 bits per heavy atom. The van der Waals surface area contributed by atoms with Crippen molar-refractivity contribution in [2.24, 2.45) is 5.92 Å². The summed E-state index contributed by atoms with van der Waals surface area (Å²) >= 11 is 0. The standard InChI is InChI=1S/C13H20N2/c1-10-5-3-8-12(13(10)14)15(2)9-11-6-4-7-11/h3,5,8,11H,4,6-7,9,14H2,1-2H3. The molecule has 0 saturated heterocycles. The quantitative estimate of drug-likeness (QED) is 0.767. The molecule has 1 aliphatic rings. The van der Waals surface area contributed by atoms with E-state index in [-0.39, 0.29) is 0 Å². The molecule has 0 atom stereocenters. The molecule has 1 fully saturated rings. The minimum absolute atomic E-state index is 0.884. The van der Waals surface area contributed by atoms with Gasteiger partial charge < -0.3 is 10.6 Å². The van der Waals surface area contributed by atoms with Crippen LogP contribution >= 0.6 is 0 Å². The van der Waals surface area contributed by atoms with E-state index < -0.39 is 0 Å². The van der Waals surface area contributed by atoms with E-state index in [2.05, 4.69) is 37.1 Å². The third kappa shape index (κ3) is 2.09. The second-order valence-corrected chi connectivity index (χ2v) is 4.69. The molecule has 0 aromatic heterocycles. The van der Waals surface area contributed by atoms with Crippen molar-refractivity contribution >= 4 is 11.4 Å². The van der Waals surface area contributed by atoms with Crippen molar-refractivity contribution in [1.82, 2.24) is 0 Å². The maximum atomic E-state index is 6.08. The average molecular weight is 204 g/mol. The number of hydrogen-bond acceptors (Lipinski definition) is 2. The second kappa shape index (κ2) is 4.13. The predicted octanol–water partition coefficient (Wildman–Crippen LogP) is 2.81. The molecule has 0 unspecified atom stereocenters. The van der Waals surface area contributed by atoms with Crippen LogP contribution < -0.4 is 10.6 Å². The zero-order chi connectivity index (χ0) is 10.8. The molecule has 0 amide bonds. The molecule has 0 aliphatic heterocycles. The van der Waals surface area contributed by atoms with E-state index in [9.17, 15) is 0 Å². The summed E-state index contributed by atoms with van der Waals surface area (Å²) in [6.45, 7) is 3.21. The van der Waals surface area contributed by atoms with Gasteiger partial charge in [-0.15, -0.1) is 0 Å². The summed E-state index contributed by atoms with van der Waals surface area (Å²) in [6, 6.07) is 6.26. The van der Waals surface area contributed by atoms with Crippen molar-refractivity contribution in [3.8, 4) is 0 Å². The number of benzene rings is 1. The van der Waals surface area contributed by atoms with Crippen LogP contribution in [0.4, 0.5) is 11.4 Å². The molecule has 2 rings (SSSR count). The highest BCUT2D eigenvalue weighted by Crippen LogP contribution is 2.31. The third-order valence-corrected chi connectivity index (χ3v) is 3.47. The van der Waals surface area contributed by atoms with Crippen molar-refractivity contribution in [2.45, 2.75) is 26.2 Å². The zero-order valence-electron chi connectivity index (χ0n) is 9.66. The molecule has 1 aliphatic carbocycles. The number of rotatable bonds is 3. The summed E-state index contributed by atoms with van der Waals surface area (Å²) in [7, 11) is 2.14. The molecule has 15 heavy (non-hydrogen) atoms. The van der Waals surface area contributed by atoms with Gasteiger partial charge in [-0.05, 0) is 37.3 Å². The predicted molar refractivity (Wildman–Crippen MR) is 66.2 cm³/mol. The van der Waals surface area contributed by atoms with Gasteiger partial charge in [0.15, 0.2) is 0 Å². The molecule has 2 nitrogen and oxygen atoms in total. The van der Waals surface area contributed by atoms with Crippen LogP contribution in [0.5, 0.6) is 0 Å². The van der Waals surface area contributed by atoms with Crippen molar-refractivity contribution < 1.29 is 0 Å². The normalized spacial score (nSPS) is 16.1. The van der Waals surface area contributed by atoms with Gasteiger partial charge in [0.1, 0.15) is 0 Å². The van der Waals surface area contributed by atoms with Crippen LogP contribution in [0.2, 0.25) is 0 Å². The SMILES string of the molecule is Cc1cccc(N(C)CC2CCC2)c1N. The van der Waals surface area contributed by atoms with E-state index in [0.29, 0.717) is 0 Å². The zero-order valence-corrected chi connectivity index (χ0v) is 9.66. The Bertz CT molecular complexity index is 342. The summed E-state index contributed by atoms with van der Waals surface area (Å²) in [5.74, 6) is 0.884. The van der Waals surface area contributed by atoms with Crippen molar-refractivity contribution in [3.05, 3.63) is 23.8 Å². The smallest absolute Gasteiger partial charge is 0.0600 e. The van der Waals surface area contributed by atoms with Crippen LogP contribution in [0.1, 0.15) is 24.8 Å². The molecule has 0 bridgehead atoms. The number of aryl methyl sites for hydroxylation is 1. The van der Waals surface area contributed by atoms with Crippen LogP contribution in [0.3, 0.4) is 0 Å². The Balaban J connectivity index is 2.09. The summed E-state index contributed by atoms with van der Waals surface area (Å²) < 4.78 is 0. The van der Waals surface area contributed by atoms with Crippen LogP contribution in [-0.2, 0) is 0 Å². The first-order chi connectivity index (χ1) is 7.18. The fourth-order valence-corrected chi connectivity index (χ4v) is 2.16. The monoisotopic (exact) mass is 204 g/mol. The topological polar surface area (TPSA) is 29.3 Å². The summed E-state index contributed by atoms with van der Waals surface area (Å²) in [6.07, 6.45) is 4.17. The lowest BCUT2D eigenvalue weighted by Gasteiger charge is -2.32. The van der Waals surface area contributed by atoms with Gasteiger partial charge in [-0.3, -0.25) is 0 Å². The minimum Gasteiger partial charge on any atom is -0.397 e. The Labute approximate surface area is 92.1 Å². The van der Waals surface area contributed by atoms with E-state index >= 15 is 0 Å². The van der Waals surface area contributed by atoms with Crippen LogP contribution in [0, 0.1) is 12.8 Å². The van der Waals surface area contributed by atoms with Crippen molar-refractivity contribution in [3.63, 3.8) is 0 Å². The highest BCUT2D eigenvalue weighted by atomic mass is 15.1. The molecule has 0 radical (unpaired) electrons. The maximum Gasteiger partial charge on any atom is 0.0600 e. The molecule has 2 heteroatoms. The number of nitrogen functional groups attached to an aromatic ring is 1. The molecule has 1 aromatic carbocycles. The van der Waals surface area contributed by atoms with E-state index in [4.69, 9.17) is 5.73 Å². The maximum absolute atomic E-state index is 6.08.